The van der Waals surface area contributed by atoms with E-state index in [-0.39, 0.29) is 29.0 Å². The van der Waals surface area contributed by atoms with Crippen LogP contribution in [0.25, 0.3) is 0 Å². The highest BCUT2D eigenvalue weighted by atomic mass is 32.2. The molecule has 1 saturated heterocycles. The topological polar surface area (TPSA) is 129 Å². The number of pyridine rings is 1. The second kappa shape index (κ2) is 12.3. The van der Waals surface area contributed by atoms with E-state index in [9.17, 15) is 23.1 Å². The van der Waals surface area contributed by atoms with E-state index in [1.54, 1.807) is 42.2 Å². The van der Waals surface area contributed by atoms with Gasteiger partial charge in [0.2, 0.25) is 0 Å². The van der Waals surface area contributed by atoms with Crippen molar-refractivity contribution in [2.75, 3.05) is 23.8 Å². The first-order valence-electron chi connectivity index (χ1n) is 12.7. The molecular formula is C29H32N4O5S. The molecule has 2 aromatic carbocycles. The van der Waals surface area contributed by atoms with Crippen molar-refractivity contribution in [2.45, 2.75) is 42.5 Å². The van der Waals surface area contributed by atoms with Crippen molar-refractivity contribution in [3.05, 3.63) is 96.3 Å². The molecule has 0 spiro atoms. The van der Waals surface area contributed by atoms with E-state index in [1.165, 1.54) is 36.5 Å². The highest BCUT2D eigenvalue weighted by molar-refractivity contribution is 7.92. The van der Waals surface area contributed by atoms with Crippen LogP contribution in [0.3, 0.4) is 0 Å². The lowest BCUT2D eigenvalue weighted by Crippen LogP contribution is -2.50. The summed E-state index contributed by atoms with van der Waals surface area (Å²) in [5, 5.41) is 14.3. The van der Waals surface area contributed by atoms with E-state index >= 15 is 0 Å². The van der Waals surface area contributed by atoms with E-state index in [1.807, 2.05) is 6.07 Å². The number of nitrogens with zero attached hydrogens (tertiary/aromatic N) is 2. The molecular weight excluding hydrogens is 516 g/mol. The van der Waals surface area contributed by atoms with Gasteiger partial charge in [0.05, 0.1) is 34.8 Å². The number of rotatable bonds is 9. The second-order valence-corrected chi connectivity index (χ2v) is 11.4. The standard InChI is InChI=1S/C29H32N4O5S/c1-3-27(33-15-8-7-13-24(33)19-34)39(37,38)25-14-9-12-22(16-25)29(36)31-23-17-26(20(2)30-18-23)32-28(35)21-10-5-4-6-11-21/h3-6,9-12,14,16-18,24,27,34H,1,7-8,13,15,19H2,2H3,(H,31,36)(H,32,35). The van der Waals surface area contributed by atoms with Gasteiger partial charge in [0.15, 0.2) is 9.84 Å². The zero-order valence-corrected chi connectivity index (χ0v) is 22.5. The number of piperidine rings is 1. The Morgan fingerprint density at radius 3 is 2.51 bits per heavy atom. The Morgan fingerprint density at radius 2 is 1.79 bits per heavy atom. The highest BCUT2D eigenvalue weighted by Gasteiger charge is 2.36. The molecule has 39 heavy (non-hydrogen) atoms. The van der Waals surface area contributed by atoms with Crippen LogP contribution in [0, 0.1) is 6.92 Å². The van der Waals surface area contributed by atoms with Crippen LogP contribution in [-0.2, 0) is 9.84 Å². The van der Waals surface area contributed by atoms with Gasteiger partial charge in [-0.1, -0.05) is 36.8 Å². The molecule has 2 atom stereocenters. The van der Waals surface area contributed by atoms with Crippen LogP contribution in [0.2, 0.25) is 0 Å². The van der Waals surface area contributed by atoms with Gasteiger partial charge in [0.25, 0.3) is 11.8 Å². The fraction of sp³-hybridized carbons (Fsp3) is 0.276. The van der Waals surface area contributed by atoms with Crippen molar-refractivity contribution in [3.63, 3.8) is 0 Å². The van der Waals surface area contributed by atoms with Gasteiger partial charge in [-0.3, -0.25) is 19.5 Å². The summed E-state index contributed by atoms with van der Waals surface area (Å²) >= 11 is 0. The summed E-state index contributed by atoms with van der Waals surface area (Å²) in [6.45, 7) is 5.88. The van der Waals surface area contributed by atoms with Crippen LogP contribution < -0.4 is 10.6 Å². The number of carbonyl (C=O) groups excluding carboxylic acids is 2. The Morgan fingerprint density at radius 1 is 1.08 bits per heavy atom. The van der Waals surface area contributed by atoms with E-state index in [4.69, 9.17) is 0 Å². The first-order chi connectivity index (χ1) is 18.7. The molecule has 3 N–H and O–H groups in total. The number of hydrogen-bond donors (Lipinski definition) is 3. The van der Waals surface area contributed by atoms with Crippen molar-refractivity contribution < 1.29 is 23.1 Å². The maximum atomic E-state index is 13.6. The third kappa shape index (κ3) is 6.42. The average molecular weight is 549 g/mol. The number of hydrogen-bond acceptors (Lipinski definition) is 7. The number of carbonyl (C=O) groups is 2. The normalized spacial score (nSPS) is 16.7. The minimum Gasteiger partial charge on any atom is -0.395 e. The predicted octanol–water partition coefficient (Wildman–Crippen LogP) is 4.03. The first-order valence-corrected chi connectivity index (χ1v) is 14.3. The Labute approximate surface area is 228 Å². The van der Waals surface area contributed by atoms with Crippen molar-refractivity contribution in [3.8, 4) is 0 Å². The zero-order chi connectivity index (χ0) is 28.0. The number of aromatic nitrogens is 1. The third-order valence-electron chi connectivity index (χ3n) is 6.78. The largest absolute Gasteiger partial charge is 0.395 e. The smallest absolute Gasteiger partial charge is 0.255 e. The van der Waals surface area contributed by atoms with Crippen LogP contribution >= 0.6 is 0 Å². The molecule has 2 amide bonds. The minimum absolute atomic E-state index is 0.0137. The highest BCUT2D eigenvalue weighted by Crippen LogP contribution is 2.27. The molecule has 1 fully saturated rings. The van der Waals surface area contributed by atoms with Crippen LogP contribution in [0.1, 0.15) is 45.7 Å². The summed E-state index contributed by atoms with van der Waals surface area (Å²) < 4.78 is 27.2. The first kappa shape index (κ1) is 28.2. The Kier molecular flexibility index (Phi) is 8.90. The Balaban J connectivity index is 1.53. The molecule has 1 aliphatic rings. The molecule has 1 aliphatic heterocycles. The molecule has 10 heteroatoms. The van der Waals surface area contributed by atoms with Crippen LogP contribution in [0.5, 0.6) is 0 Å². The van der Waals surface area contributed by atoms with Gasteiger partial charge in [-0.15, -0.1) is 6.58 Å². The molecule has 3 aromatic rings. The van der Waals surface area contributed by atoms with Crippen molar-refractivity contribution in [1.82, 2.24) is 9.88 Å². The number of likely N-dealkylation sites (tertiary alicyclic amines) is 1. The predicted molar refractivity (Wildman–Crippen MR) is 150 cm³/mol. The zero-order valence-electron chi connectivity index (χ0n) is 21.7. The van der Waals surface area contributed by atoms with E-state index < -0.39 is 21.1 Å². The molecule has 204 valence electrons. The molecule has 9 nitrogen and oxygen atoms in total. The molecule has 0 bridgehead atoms. The number of nitrogens with one attached hydrogen (secondary N) is 2. The maximum absolute atomic E-state index is 13.6. The molecule has 0 aliphatic carbocycles. The van der Waals surface area contributed by atoms with Crippen LogP contribution in [0.4, 0.5) is 11.4 Å². The van der Waals surface area contributed by atoms with E-state index in [0.717, 1.165) is 12.8 Å². The summed E-state index contributed by atoms with van der Waals surface area (Å²) in [6, 6.07) is 15.9. The lowest BCUT2D eigenvalue weighted by Gasteiger charge is -2.38. The van der Waals surface area contributed by atoms with Gasteiger partial charge in [0, 0.05) is 23.7 Å². The maximum Gasteiger partial charge on any atom is 0.255 e. The number of anilines is 2. The summed E-state index contributed by atoms with van der Waals surface area (Å²) in [5.74, 6) is -0.838. The van der Waals surface area contributed by atoms with Crippen LogP contribution in [-0.4, -0.2) is 59.8 Å². The summed E-state index contributed by atoms with van der Waals surface area (Å²) in [7, 11) is -3.92. The summed E-state index contributed by atoms with van der Waals surface area (Å²) in [5.41, 5.74) is 1.97. The average Bonchev–Trinajstić information content (AvgIpc) is 2.96. The van der Waals surface area contributed by atoms with E-state index in [0.29, 0.717) is 35.6 Å². The molecule has 4 rings (SSSR count). The minimum atomic E-state index is -3.92. The van der Waals surface area contributed by atoms with Crippen molar-refractivity contribution >= 4 is 33.0 Å². The summed E-state index contributed by atoms with van der Waals surface area (Å²) in [6.07, 6.45) is 5.30. The van der Waals surface area contributed by atoms with Gasteiger partial charge in [-0.2, -0.15) is 0 Å². The van der Waals surface area contributed by atoms with Gasteiger partial charge in [0.1, 0.15) is 5.37 Å². The molecule has 0 saturated carbocycles. The fourth-order valence-electron chi connectivity index (χ4n) is 4.66. The van der Waals surface area contributed by atoms with E-state index in [2.05, 4.69) is 22.2 Å². The van der Waals surface area contributed by atoms with Crippen LogP contribution in [0.15, 0.2) is 84.4 Å². The lowest BCUT2D eigenvalue weighted by molar-refractivity contribution is 0.0897. The number of aliphatic hydroxyl groups excluding tert-OH is 1. The Bertz CT molecular complexity index is 1460. The van der Waals surface area contributed by atoms with Gasteiger partial charge >= 0.3 is 0 Å². The van der Waals surface area contributed by atoms with Crippen molar-refractivity contribution in [2.24, 2.45) is 0 Å². The fourth-order valence-corrected chi connectivity index (χ4v) is 6.39. The SMILES string of the molecule is C=CC(N1CCCCC1CO)S(=O)(=O)c1cccc(C(=O)Nc2cnc(C)c(NC(=O)c3ccccc3)c2)c1. The lowest BCUT2D eigenvalue weighted by atomic mass is 10.0. The third-order valence-corrected chi connectivity index (χ3v) is 8.79. The molecule has 2 heterocycles. The Hall–Kier alpha value is -3.86. The second-order valence-electron chi connectivity index (χ2n) is 9.40. The van der Waals surface area contributed by atoms with Crippen molar-refractivity contribution in [1.29, 1.82) is 0 Å². The number of amides is 2. The van der Waals surface area contributed by atoms with Gasteiger partial charge in [-0.25, -0.2) is 8.42 Å². The number of benzene rings is 2. The van der Waals surface area contributed by atoms with Gasteiger partial charge in [-0.05, 0) is 56.2 Å². The number of sulfone groups is 1. The monoisotopic (exact) mass is 548 g/mol. The molecule has 0 radical (unpaired) electrons. The number of aliphatic hydroxyl groups is 1. The quantitative estimate of drug-likeness (QED) is 0.345. The summed E-state index contributed by atoms with van der Waals surface area (Å²) in [4.78, 5) is 31.7. The number of aryl methyl sites for hydroxylation is 1. The molecule has 2 unspecified atom stereocenters. The molecule has 1 aromatic heterocycles. The van der Waals surface area contributed by atoms with Gasteiger partial charge < -0.3 is 15.7 Å².